The molecule has 3 rings (SSSR count). The van der Waals surface area contributed by atoms with Gasteiger partial charge in [-0.15, -0.1) is 0 Å². The molecular formula is C14H21N3. The van der Waals surface area contributed by atoms with E-state index in [1.165, 1.54) is 56.6 Å². The maximum absolute atomic E-state index is 4.49. The van der Waals surface area contributed by atoms with Crippen molar-refractivity contribution in [3.8, 4) is 0 Å². The molecule has 1 aromatic heterocycles. The van der Waals surface area contributed by atoms with E-state index in [1.54, 1.807) is 6.33 Å². The first kappa shape index (κ1) is 11.1. The van der Waals surface area contributed by atoms with E-state index in [2.05, 4.69) is 21.8 Å². The topological polar surface area (TPSA) is 29.0 Å². The molecule has 0 aromatic carbocycles. The van der Waals surface area contributed by atoms with Gasteiger partial charge in [0.05, 0.1) is 5.69 Å². The van der Waals surface area contributed by atoms with Crippen LogP contribution in [0.1, 0.15) is 42.9 Å². The van der Waals surface area contributed by atoms with Crippen LogP contribution >= 0.6 is 0 Å². The zero-order valence-corrected chi connectivity index (χ0v) is 10.6. The minimum atomic E-state index is 0.630. The second kappa shape index (κ2) is 4.73. The predicted molar refractivity (Wildman–Crippen MR) is 67.9 cm³/mol. The van der Waals surface area contributed by atoms with Crippen molar-refractivity contribution in [3.63, 3.8) is 0 Å². The van der Waals surface area contributed by atoms with Gasteiger partial charge in [-0.05, 0) is 50.6 Å². The third-order valence-corrected chi connectivity index (χ3v) is 4.04. The van der Waals surface area contributed by atoms with Gasteiger partial charge in [-0.3, -0.25) is 0 Å². The Morgan fingerprint density at radius 2 is 2.24 bits per heavy atom. The molecule has 1 atom stereocenters. The zero-order chi connectivity index (χ0) is 11.7. The Morgan fingerprint density at radius 3 is 3.00 bits per heavy atom. The van der Waals surface area contributed by atoms with Crippen molar-refractivity contribution in [2.75, 3.05) is 19.6 Å². The highest BCUT2D eigenvalue weighted by atomic mass is 15.1. The van der Waals surface area contributed by atoms with Crippen LogP contribution in [0.25, 0.3) is 0 Å². The molecular weight excluding hydrogens is 210 g/mol. The highest BCUT2D eigenvalue weighted by Crippen LogP contribution is 2.33. The quantitative estimate of drug-likeness (QED) is 0.799. The summed E-state index contributed by atoms with van der Waals surface area (Å²) in [6.45, 7) is 5.95. The van der Waals surface area contributed by atoms with Crippen molar-refractivity contribution < 1.29 is 0 Å². The Morgan fingerprint density at radius 1 is 1.35 bits per heavy atom. The van der Waals surface area contributed by atoms with E-state index in [0.29, 0.717) is 5.92 Å². The van der Waals surface area contributed by atoms with Gasteiger partial charge in [-0.2, -0.15) is 0 Å². The van der Waals surface area contributed by atoms with Gasteiger partial charge in [0.25, 0.3) is 0 Å². The first-order chi connectivity index (χ1) is 8.33. The van der Waals surface area contributed by atoms with E-state index in [4.69, 9.17) is 0 Å². The summed E-state index contributed by atoms with van der Waals surface area (Å²) >= 11 is 0. The summed E-state index contributed by atoms with van der Waals surface area (Å²) in [5.74, 6) is 1.63. The first-order valence-corrected chi connectivity index (χ1v) is 6.82. The number of nitrogens with zero attached hydrogens (tertiary/aromatic N) is 3. The Bertz CT molecular complexity index is 387. The van der Waals surface area contributed by atoms with E-state index in [1.807, 2.05) is 6.20 Å². The number of aryl methyl sites for hydroxylation is 1. The maximum Gasteiger partial charge on any atom is 0.115 e. The molecule has 1 saturated carbocycles. The highest BCUT2D eigenvalue weighted by Gasteiger charge is 2.28. The van der Waals surface area contributed by atoms with Gasteiger partial charge in [0.1, 0.15) is 6.33 Å². The number of aromatic nitrogens is 2. The van der Waals surface area contributed by atoms with Gasteiger partial charge >= 0.3 is 0 Å². The minimum absolute atomic E-state index is 0.630. The Labute approximate surface area is 103 Å². The van der Waals surface area contributed by atoms with Crippen LogP contribution in [0.3, 0.4) is 0 Å². The molecule has 1 aliphatic carbocycles. The van der Waals surface area contributed by atoms with E-state index < -0.39 is 0 Å². The molecule has 2 aliphatic rings. The van der Waals surface area contributed by atoms with Crippen LogP contribution in [0, 0.1) is 12.8 Å². The molecule has 0 spiro atoms. The first-order valence-electron chi connectivity index (χ1n) is 6.82. The van der Waals surface area contributed by atoms with Crippen molar-refractivity contribution >= 4 is 0 Å². The molecule has 3 heteroatoms. The van der Waals surface area contributed by atoms with Crippen molar-refractivity contribution in [2.24, 2.45) is 5.92 Å². The normalized spacial score (nSPS) is 26.1. The lowest BCUT2D eigenvalue weighted by atomic mass is 9.92. The third kappa shape index (κ3) is 2.65. The lowest BCUT2D eigenvalue weighted by Crippen LogP contribution is -2.36. The van der Waals surface area contributed by atoms with Crippen LogP contribution in [0.4, 0.5) is 0 Å². The van der Waals surface area contributed by atoms with Crippen LogP contribution in [-0.4, -0.2) is 34.5 Å². The number of hydrogen-bond acceptors (Lipinski definition) is 3. The minimum Gasteiger partial charge on any atom is -0.302 e. The fraction of sp³-hybridized carbons (Fsp3) is 0.714. The summed E-state index contributed by atoms with van der Waals surface area (Å²) in [5.41, 5.74) is 2.53. The summed E-state index contributed by atoms with van der Waals surface area (Å²) in [5, 5.41) is 0. The Hall–Kier alpha value is -0.960. The molecule has 92 valence electrons. The van der Waals surface area contributed by atoms with Gasteiger partial charge < -0.3 is 4.90 Å². The highest BCUT2D eigenvalue weighted by molar-refractivity contribution is 5.19. The summed E-state index contributed by atoms with van der Waals surface area (Å²) in [7, 11) is 0. The third-order valence-electron chi connectivity index (χ3n) is 4.04. The summed E-state index contributed by atoms with van der Waals surface area (Å²) in [6, 6.07) is 0. The second-order valence-electron chi connectivity index (χ2n) is 5.63. The van der Waals surface area contributed by atoms with Crippen molar-refractivity contribution in [1.82, 2.24) is 14.9 Å². The van der Waals surface area contributed by atoms with Gasteiger partial charge in [-0.25, -0.2) is 9.97 Å². The van der Waals surface area contributed by atoms with Gasteiger partial charge in [0.15, 0.2) is 0 Å². The standard InChI is InChI=1S/C14H21N3/c1-11-7-15-10-16-14(11)13-3-2-6-17(9-13)8-12-4-5-12/h7,10,12-13H,2-6,8-9H2,1H3/t13-/m0/s1. The SMILES string of the molecule is Cc1cncnc1[C@H]1CCCN(CC2CC2)C1. The van der Waals surface area contributed by atoms with Crippen LogP contribution in [0.2, 0.25) is 0 Å². The van der Waals surface area contributed by atoms with E-state index in [0.717, 1.165) is 5.92 Å². The molecule has 1 aliphatic heterocycles. The van der Waals surface area contributed by atoms with E-state index >= 15 is 0 Å². The molecule has 0 amide bonds. The molecule has 17 heavy (non-hydrogen) atoms. The Kier molecular flexibility index (Phi) is 3.10. The fourth-order valence-electron chi connectivity index (χ4n) is 2.95. The van der Waals surface area contributed by atoms with Gasteiger partial charge in [0.2, 0.25) is 0 Å². The molecule has 1 aromatic rings. The summed E-state index contributed by atoms with van der Waals surface area (Å²) in [6.07, 6.45) is 9.16. The van der Waals surface area contributed by atoms with Crippen molar-refractivity contribution in [3.05, 3.63) is 23.8 Å². The van der Waals surface area contributed by atoms with Gasteiger partial charge in [0, 0.05) is 25.2 Å². The maximum atomic E-state index is 4.49. The van der Waals surface area contributed by atoms with Gasteiger partial charge in [-0.1, -0.05) is 0 Å². The number of rotatable bonds is 3. The molecule has 0 bridgehead atoms. The van der Waals surface area contributed by atoms with Crippen LogP contribution in [-0.2, 0) is 0 Å². The predicted octanol–water partition coefficient (Wildman–Crippen LogP) is 2.37. The zero-order valence-electron chi connectivity index (χ0n) is 10.6. The summed E-state index contributed by atoms with van der Waals surface area (Å²) in [4.78, 5) is 11.2. The number of hydrogen-bond donors (Lipinski definition) is 0. The summed E-state index contributed by atoms with van der Waals surface area (Å²) < 4.78 is 0. The van der Waals surface area contributed by atoms with Crippen LogP contribution < -0.4 is 0 Å². The largest absolute Gasteiger partial charge is 0.302 e. The van der Waals surface area contributed by atoms with Crippen molar-refractivity contribution in [2.45, 2.75) is 38.5 Å². The van der Waals surface area contributed by atoms with Crippen molar-refractivity contribution in [1.29, 1.82) is 0 Å². The number of likely N-dealkylation sites (tertiary alicyclic amines) is 1. The Balaban J connectivity index is 1.68. The second-order valence-corrected chi connectivity index (χ2v) is 5.63. The molecule has 3 nitrogen and oxygen atoms in total. The average Bonchev–Trinajstić information content (AvgIpc) is 3.14. The van der Waals surface area contributed by atoms with Crippen LogP contribution in [0.5, 0.6) is 0 Å². The fourth-order valence-corrected chi connectivity index (χ4v) is 2.95. The molecule has 0 radical (unpaired) electrons. The molecule has 2 heterocycles. The molecule has 0 unspecified atom stereocenters. The smallest absolute Gasteiger partial charge is 0.115 e. The lowest BCUT2D eigenvalue weighted by Gasteiger charge is -2.32. The molecule has 2 fully saturated rings. The van der Waals surface area contributed by atoms with E-state index in [-0.39, 0.29) is 0 Å². The van der Waals surface area contributed by atoms with E-state index in [9.17, 15) is 0 Å². The molecule has 0 N–H and O–H groups in total. The molecule has 1 saturated heterocycles. The number of piperidine rings is 1. The van der Waals surface area contributed by atoms with Crippen LogP contribution in [0.15, 0.2) is 12.5 Å². The lowest BCUT2D eigenvalue weighted by molar-refractivity contribution is 0.198. The monoisotopic (exact) mass is 231 g/mol. The average molecular weight is 231 g/mol.